The summed E-state index contributed by atoms with van der Waals surface area (Å²) in [4.78, 5) is 8.43. The van der Waals surface area contributed by atoms with Crippen LogP contribution in [0.25, 0.3) is 11.3 Å². The number of pyridine rings is 1. The quantitative estimate of drug-likeness (QED) is 0.627. The fourth-order valence-corrected chi connectivity index (χ4v) is 1.99. The van der Waals surface area contributed by atoms with Gasteiger partial charge in [0.25, 0.3) is 0 Å². The van der Waals surface area contributed by atoms with Crippen molar-refractivity contribution in [1.82, 2.24) is 9.38 Å². The molecule has 0 aliphatic heterocycles. The molecule has 18 heavy (non-hydrogen) atoms. The van der Waals surface area contributed by atoms with E-state index in [-0.39, 0.29) is 0 Å². The molecule has 0 saturated carbocycles. The fourth-order valence-electron chi connectivity index (χ4n) is 1.79. The molecule has 2 aromatic rings. The van der Waals surface area contributed by atoms with Crippen molar-refractivity contribution in [3.8, 4) is 0 Å². The van der Waals surface area contributed by atoms with E-state index in [4.69, 9.17) is 16.3 Å². The van der Waals surface area contributed by atoms with Crippen LogP contribution < -0.4 is 0 Å². The van der Waals surface area contributed by atoms with Gasteiger partial charge in [0.1, 0.15) is 12.0 Å². The number of hydrogen-bond acceptors (Lipinski definition) is 3. The average molecular weight is 264 g/mol. The highest BCUT2D eigenvalue weighted by Gasteiger charge is 2.14. The molecular formula is C13H14ClN3O. The van der Waals surface area contributed by atoms with Crippen LogP contribution in [0.1, 0.15) is 18.3 Å². The van der Waals surface area contributed by atoms with Gasteiger partial charge in [-0.15, -0.1) is 0 Å². The molecule has 0 aliphatic rings. The van der Waals surface area contributed by atoms with Crippen molar-refractivity contribution in [3.63, 3.8) is 0 Å². The zero-order valence-electron chi connectivity index (χ0n) is 10.4. The zero-order chi connectivity index (χ0) is 13.1. The molecule has 0 amide bonds. The minimum absolute atomic E-state index is 0.579. The number of aliphatic imine (C=N–C) groups is 1. The average Bonchev–Trinajstić information content (AvgIpc) is 2.69. The molecule has 0 radical (unpaired) electrons. The van der Waals surface area contributed by atoms with Crippen LogP contribution in [0.3, 0.4) is 0 Å². The molecule has 4 nitrogen and oxygen atoms in total. The first-order chi connectivity index (χ1) is 8.69. The Balaban J connectivity index is 2.66. The van der Waals surface area contributed by atoms with Crippen LogP contribution in [0.4, 0.5) is 0 Å². The van der Waals surface area contributed by atoms with Crippen molar-refractivity contribution in [2.24, 2.45) is 4.99 Å². The van der Waals surface area contributed by atoms with E-state index in [1.165, 1.54) is 0 Å². The Morgan fingerprint density at radius 2 is 2.44 bits per heavy atom. The van der Waals surface area contributed by atoms with Crippen molar-refractivity contribution in [2.45, 2.75) is 13.8 Å². The molecule has 0 saturated heterocycles. The van der Waals surface area contributed by atoms with E-state index >= 15 is 0 Å². The molecule has 2 heterocycles. The molecule has 94 valence electrons. The summed E-state index contributed by atoms with van der Waals surface area (Å²) in [7, 11) is 0. The number of aromatic nitrogens is 2. The molecule has 0 aromatic carbocycles. The van der Waals surface area contributed by atoms with E-state index in [2.05, 4.69) is 16.7 Å². The Hall–Kier alpha value is -1.81. The van der Waals surface area contributed by atoms with Crippen molar-refractivity contribution in [2.75, 3.05) is 6.61 Å². The van der Waals surface area contributed by atoms with Gasteiger partial charge in [-0.1, -0.05) is 11.6 Å². The molecule has 2 aromatic heterocycles. The summed E-state index contributed by atoms with van der Waals surface area (Å²) in [5.41, 5.74) is 3.03. The molecule has 0 aliphatic carbocycles. The van der Waals surface area contributed by atoms with Crippen molar-refractivity contribution >= 4 is 29.7 Å². The van der Waals surface area contributed by atoms with Crippen LogP contribution in [-0.2, 0) is 4.74 Å². The van der Waals surface area contributed by atoms with Gasteiger partial charge in [0, 0.05) is 6.20 Å². The van der Waals surface area contributed by atoms with E-state index in [1.54, 1.807) is 12.3 Å². The number of nitrogens with zero attached hydrogens (tertiary/aromatic N) is 3. The van der Waals surface area contributed by atoms with Crippen LogP contribution in [0, 0.1) is 6.92 Å². The van der Waals surface area contributed by atoms with E-state index in [9.17, 15) is 0 Å². The first-order valence-corrected chi connectivity index (χ1v) is 5.98. The van der Waals surface area contributed by atoms with Crippen LogP contribution >= 0.6 is 11.6 Å². The van der Waals surface area contributed by atoms with Gasteiger partial charge in [0.2, 0.25) is 0 Å². The molecular weight excluding hydrogens is 250 g/mol. The number of rotatable bonds is 4. The molecule has 0 fully saturated rings. The summed E-state index contributed by atoms with van der Waals surface area (Å²) in [6.45, 7) is 7.97. The number of ether oxygens (including phenoxy) is 1. The van der Waals surface area contributed by atoms with Crippen LogP contribution in [0.5, 0.6) is 0 Å². The van der Waals surface area contributed by atoms with E-state index < -0.39 is 0 Å². The monoisotopic (exact) mass is 263 g/mol. The fraction of sp³-hybridized carbons (Fsp3) is 0.231. The summed E-state index contributed by atoms with van der Waals surface area (Å²) in [5, 5.41) is 0.603. The maximum atomic E-state index is 6.11. The van der Waals surface area contributed by atoms with Gasteiger partial charge in [-0.3, -0.25) is 9.39 Å². The third-order valence-corrected chi connectivity index (χ3v) is 2.85. The molecule has 0 N–H and O–H groups in total. The minimum Gasteiger partial charge on any atom is -0.499 e. The highest BCUT2D eigenvalue weighted by atomic mass is 35.5. The second-order valence-corrected chi connectivity index (χ2v) is 4.12. The molecule has 2 rings (SSSR count). The minimum atomic E-state index is 0.579. The van der Waals surface area contributed by atoms with Crippen molar-refractivity contribution in [1.29, 1.82) is 0 Å². The second kappa shape index (κ2) is 5.23. The van der Waals surface area contributed by atoms with E-state index in [0.29, 0.717) is 23.0 Å². The van der Waals surface area contributed by atoms with Crippen LogP contribution in [0.2, 0.25) is 5.02 Å². The Kier molecular flexibility index (Phi) is 3.67. The first-order valence-electron chi connectivity index (χ1n) is 5.61. The van der Waals surface area contributed by atoms with Crippen LogP contribution in [0.15, 0.2) is 29.6 Å². The zero-order valence-corrected chi connectivity index (χ0v) is 11.1. The maximum absolute atomic E-state index is 6.11. The van der Waals surface area contributed by atoms with E-state index in [0.717, 1.165) is 11.4 Å². The van der Waals surface area contributed by atoms with Crippen molar-refractivity contribution in [3.05, 3.63) is 41.0 Å². The Labute approximate surface area is 111 Å². The highest BCUT2D eigenvalue weighted by molar-refractivity contribution is 6.33. The highest BCUT2D eigenvalue weighted by Crippen LogP contribution is 2.25. The first kappa shape index (κ1) is 12.6. The third-order valence-electron chi connectivity index (χ3n) is 2.55. The van der Waals surface area contributed by atoms with Gasteiger partial charge in [0.15, 0.2) is 5.65 Å². The number of imidazole rings is 1. The van der Waals surface area contributed by atoms with Crippen molar-refractivity contribution < 1.29 is 4.74 Å². The Bertz CT molecular complexity index is 616. The van der Waals surface area contributed by atoms with Gasteiger partial charge < -0.3 is 4.74 Å². The van der Waals surface area contributed by atoms with Gasteiger partial charge in [-0.25, -0.2) is 4.98 Å². The largest absolute Gasteiger partial charge is 0.499 e. The summed E-state index contributed by atoms with van der Waals surface area (Å²) in [5.74, 6) is 0. The Morgan fingerprint density at radius 3 is 3.11 bits per heavy atom. The van der Waals surface area contributed by atoms with Gasteiger partial charge >= 0.3 is 0 Å². The predicted octanol–water partition coefficient (Wildman–Crippen LogP) is 3.33. The lowest BCUT2D eigenvalue weighted by Crippen LogP contribution is -1.94. The predicted molar refractivity (Wildman–Crippen MR) is 74.1 cm³/mol. The smallest absolute Gasteiger partial charge is 0.156 e. The molecule has 0 unspecified atom stereocenters. The summed E-state index contributed by atoms with van der Waals surface area (Å²) >= 11 is 6.11. The normalized spacial score (nSPS) is 11.8. The summed E-state index contributed by atoms with van der Waals surface area (Å²) < 4.78 is 7.16. The molecule has 0 spiro atoms. The van der Waals surface area contributed by atoms with Crippen LogP contribution in [-0.4, -0.2) is 22.7 Å². The van der Waals surface area contributed by atoms with E-state index in [1.807, 2.05) is 30.5 Å². The standard InChI is InChI=1S/C13H14ClN3O/c1-4-18-8-11(15-3)12-9(2)16-13-10(14)6-5-7-17(12)13/h5-8H,3-4H2,1-2H3/b11-8-. The third kappa shape index (κ3) is 2.11. The molecule has 0 atom stereocenters. The summed E-state index contributed by atoms with van der Waals surface area (Å²) in [6.07, 6.45) is 3.48. The number of fused-ring (bicyclic) bond motifs is 1. The van der Waals surface area contributed by atoms with Gasteiger partial charge in [-0.05, 0) is 32.7 Å². The number of hydrogen-bond donors (Lipinski definition) is 0. The van der Waals surface area contributed by atoms with Gasteiger partial charge in [0.05, 0.1) is 23.0 Å². The lowest BCUT2D eigenvalue weighted by atomic mass is 10.3. The lowest BCUT2D eigenvalue weighted by molar-refractivity contribution is 0.270. The number of aryl methyl sites for hydroxylation is 1. The molecule has 0 bridgehead atoms. The lowest BCUT2D eigenvalue weighted by Gasteiger charge is -2.04. The molecule has 5 heteroatoms. The Morgan fingerprint density at radius 1 is 1.67 bits per heavy atom. The topological polar surface area (TPSA) is 38.9 Å². The maximum Gasteiger partial charge on any atom is 0.156 e. The summed E-state index contributed by atoms with van der Waals surface area (Å²) in [6, 6.07) is 3.67. The van der Waals surface area contributed by atoms with Gasteiger partial charge in [-0.2, -0.15) is 0 Å². The second-order valence-electron chi connectivity index (χ2n) is 3.71. The SMILES string of the molecule is C=N/C(=C\OCC)c1c(C)nc2c(Cl)cccn12. The number of halogens is 1.